The van der Waals surface area contributed by atoms with Gasteiger partial charge in [-0.2, -0.15) is 39.5 Å². The van der Waals surface area contributed by atoms with Gasteiger partial charge in [0.25, 0.3) is 0 Å². The smallest absolute Gasteiger partial charge is 0.460 e. The Hall–Kier alpha value is -1.16. The Balaban J connectivity index is 6.26. The van der Waals surface area contributed by atoms with Crippen LogP contribution in [0.4, 0.5) is 39.5 Å². The van der Waals surface area contributed by atoms with Crippen molar-refractivity contribution < 1.29 is 49.0 Å². The molecular formula is C23H37F9O2. The highest BCUT2D eigenvalue weighted by atomic mass is 19.4. The van der Waals surface area contributed by atoms with E-state index in [-0.39, 0.29) is 6.42 Å². The molecule has 2 nitrogen and oxygen atoms in total. The lowest BCUT2D eigenvalue weighted by Gasteiger charge is -2.46. The van der Waals surface area contributed by atoms with Crippen LogP contribution in [-0.2, 0) is 9.53 Å². The van der Waals surface area contributed by atoms with Crippen LogP contribution >= 0.6 is 0 Å². The molecule has 0 radical (unpaired) electrons. The molecule has 11 heteroatoms. The Morgan fingerprint density at radius 1 is 0.794 bits per heavy atom. The highest BCUT2D eigenvalue weighted by molar-refractivity contribution is 5.77. The van der Waals surface area contributed by atoms with Crippen LogP contribution in [0.25, 0.3) is 0 Å². The average Bonchev–Trinajstić information content (AvgIpc) is 2.57. The molecule has 0 amide bonds. The van der Waals surface area contributed by atoms with Crippen molar-refractivity contribution >= 4 is 5.97 Å². The maximum atomic E-state index is 14.3. The van der Waals surface area contributed by atoms with Gasteiger partial charge in [-0.25, -0.2) is 0 Å². The van der Waals surface area contributed by atoms with E-state index in [9.17, 15) is 44.3 Å². The minimum atomic E-state index is -6.99. The molecule has 0 aliphatic heterocycles. The molecule has 0 spiro atoms. The Kier molecular flexibility index (Phi) is 9.73. The molecule has 2 atom stereocenters. The topological polar surface area (TPSA) is 26.3 Å². The van der Waals surface area contributed by atoms with Crippen molar-refractivity contribution in [1.29, 1.82) is 0 Å². The van der Waals surface area contributed by atoms with E-state index < -0.39 is 71.0 Å². The van der Waals surface area contributed by atoms with E-state index in [2.05, 4.69) is 0 Å². The third-order valence-corrected chi connectivity index (χ3v) is 6.41. The fraction of sp³-hybridized carbons (Fsp3) is 0.957. The van der Waals surface area contributed by atoms with E-state index in [0.29, 0.717) is 6.42 Å². The zero-order chi connectivity index (χ0) is 27.8. The Labute approximate surface area is 196 Å². The van der Waals surface area contributed by atoms with Crippen LogP contribution in [0.2, 0.25) is 0 Å². The normalized spacial score (nSPS) is 17.5. The fourth-order valence-electron chi connectivity index (χ4n) is 3.84. The summed E-state index contributed by atoms with van der Waals surface area (Å²) in [5, 5.41) is 0. The summed E-state index contributed by atoms with van der Waals surface area (Å²) in [6, 6.07) is 0. The molecule has 0 saturated heterocycles. The van der Waals surface area contributed by atoms with E-state index in [1.165, 1.54) is 13.8 Å². The lowest BCUT2D eigenvalue weighted by molar-refractivity contribution is -0.398. The van der Waals surface area contributed by atoms with Gasteiger partial charge in [0.1, 0.15) is 6.10 Å². The lowest BCUT2D eigenvalue weighted by Crippen LogP contribution is -2.61. The first kappa shape index (κ1) is 32.8. The predicted octanol–water partition coefficient (Wildman–Crippen LogP) is 8.68. The van der Waals surface area contributed by atoms with Gasteiger partial charge in [-0.05, 0) is 42.9 Å². The van der Waals surface area contributed by atoms with Crippen LogP contribution in [0.1, 0.15) is 88.0 Å². The predicted molar refractivity (Wildman–Crippen MR) is 111 cm³/mol. The van der Waals surface area contributed by atoms with Crippen molar-refractivity contribution in [3.63, 3.8) is 0 Å². The number of hydrogen-bond donors (Lipinski definition) is 0. The first-order chi connectivity index (χ1) is 14.7. The number of hydrogen-bond acceptors (Lipinski definition) is 2. The maximum Gasteiger partial charge on any atom is 0.460 e. The van der Waals surface area contributed by atoms with E-state index in [0.717, 1.165) is 0 Å². The van der Waals surface area contributed by atoms with Crippen molar-refractivity contribution in [2.45, 2.75) is 118 Å². The molecular weight excluding hydrogens is 479 g/mol. The second-order valence-electron chi connectivity index (χ2n) is 11.5. The number of esters is 1. The van der Waals surface area contributed by atoms with Gasteiger partial charge in [0.15, 0.2) is 0 Å². The summed E-state index contributed by atoms with van der Waals surface area (Å²) in [6.07, 6.45) is -10.9. The van der Waals surface area contributed by atoms with Crippen LogP contribution in [0.5, 0.6) is 0 Å². The number of rotatable bonds is 11. The molecule has 0 rings (SSSR count). The van der Waals surface area contributed by atoms with Crippen LogP contribution < -0.4 is 0 Å². The molecule has 0 N–H and O–H groups in total. The van der Waals surface area contributed by atoms with Gasteiger partial charge in [-0.15, -0.1) is 0 Å². The maximum absolute atomic E-state index is 14.3. The summed E-state index contributed by atoms with van der Waals surface area (Å²) in [5.74, 6) is -21.1. The summed E-state index contributed by atoms with van der Waals surface area (Å²) < 4.78 is 126. The highest BCUT2D eigenvalue weighted by Crippen LogP contribution is 2.55. The second-order valence-corrected chi connectivity index (χ2v) is 11.5. The zero-order valence-electron chi connectivity index (χ0n) is 21.2. The highest BCUT2D eigenvalue weighted by Gasteiger charge is 2.81. The van der Waals surface area contributed by atoms with Crippen molar-refractivity contribution in [2.24, 2.45) is 22.2 Å². The summed E-state index contributed by atoms with van der Waals surface area (Å²) in [5.41, 5.74) is -2.47. The van der Waals surface area contributed by atoms with Crippen LogP contribution in [0.15, 0.2) is 0 Å². The first-order valence-electron chi connectivity index (χ1n) is 11.1. The number of alkyl halides is 9. The molecule has 0 aromatic carbocycles. The van der Waals surface area contributed by atoms with Gasteiger partial charge >= 0.3 is 29.9 Å². The minimum absolute atomic E-state index is 0.215. The van der Waals surface area contributed by atoms with Gasteiger partial charge in [0.2, 0.25) is 0 Å². The van der Waals surface area contributed by atoms with Crippen LogP contribution in [0, 0.1) is 22.2 Å². The number of carbonyl (C=O) groups is 1. The number of halogens is 9. The average molecular weight is 517 g/mol. The third-order valence-electron chi connectivity index (χ3n) is 6.41. The van der Waals surface area contributed by atoms with Crippen molar-refractivity contribution in [2.75, 3.05) is 0 Å². The largest absolute Gasteiger partial charge is 0.462 e. The van der Waals surface area contributed by atoms with Crippen LogP contribution in [-0.4, -0.2) is 36.0 Å². The van der Waals surface area contributed by atoms with Gasteiger partial charge in [0, 0.05) is 0 Å². The van der Waals surface area contributed by atoms with Gasteiger partial charge in [0.05, 0.1) is 11.8 Å². The molecule has 34 heavy (non-hydrogen) atoms. The van der Waals surface area contributed by atoms with Gasteiger partial charge < -0.3 is 4.74 Å². The Morgan fingerprint density at radius 2 is 1.24 bits per heavy atom. The fourth-order valence-corrected chi connectivity index (χ4v) is 3.84. The molecule has 0 heterocycles. The van der Waals surface area contributed by atoms with Crippen molar-refractivity contribution in [1.82, 2.24) is 0 Å². The number of carbonyl (C=O) groups excluding carboxylic acids is 1. The van der Waals surface area contributed by atoms with E-state index in [4.69, 9.17) is 4.74 Å². The first-order valence-corrected chi connectivity index (χ1v) is 11.1. The molecule has 0 aliphatic rings. The van der Waals surface area contributed by atoms with E-state index in [1.807, 2.05) is 20.8 Å². The van der Waals surface area contributed by atoms with Gasteiger partial charge in [-0.1, -0.05) is 55.4 Å². The Bertz CT molecular complexity index is 692. The summed E-state index contributed by atoms with van der Waals surface area (Å²) >= 11 is 0. The number of ether oxygens (including phenoxy) is 1. The summed E-state index contributed by atoms with van der Waals surface area (Å²) in [4.78, 5) is 13.2. The summed E-state index contributed by atoms with van der Waals surface area (Å²) in [7, 11) is 0. The second kappa shape index (κ2) is 10.1. The van der Waals surface area contributed by atoms with Crippen molar-refractivity contribution in [3.8, 4) is 0 Å². The zero-order valence-corrected chi connectivity index (χ0v) is 21.2. The van der Waals surface area contributed by atoms with Crippen LogP contribution in [0.3, 0.4) is 0 Å². The Morgan fingerprint density at radius 3 is 1.56 bits per heavy atom. The van der Waals surface area contributed by atoms with Gasteiger partial charge in [-0.3, -0.25) is 4.79 Å². The molecule has 0 saturated carbocycles. The third kappa shape index (κ3) is 6.95. The molecule has 0 fully saturated rings. The molecule has 0 bridgehead atoms. The van der Waals surface area contributed by atoms with E-state index >= 15 is 0 Å². The molecule has 0 aliphatic carbocycles. The molecule has 0 aromatic rings. The standard InChI is InChI=1S/C23H37F9O2/c1-10-18(7,8)19(9,13-17(4,5)6)16(33)34-15(11-14(2)3)12-20(24,25)21(26,27)22(28,29)23(30,31)32/h14-15H,10-13H2,1-9H3. The summed E-state index contributed by atoms with van der Waals surface area (Å²) in [6.45, 7) is 15.2. The SMILES string of the molecule is CCC(C)(C)C(C)(CC(C)(C)C)C(=O)OC(CC(C)C)CC(F)(F)C(F)(F)C(F)(F)C(F)(F)F. The quantitative estimate of drug-likeness (QED) is 0.203. The lowest BCUT2D eigenvalue weighted by atomic mass is 9.59. The molecule has 2 unspecified atom stereocenters. The van der Waals surface area contributed by atoms with Crippen molar-refractivity contribution in [3.05, 3.63) is 0 Å². The monoisotopic (exact) mass is 516 g/mol. The molecule has 0 aromatic heterocycles. The molecule has 204 valence electrons. The minimum Gasteiger partial charge on any atom is -0.462 e. The van der Waals surface area contributed by atoms with E-state index in [1.54, 1.807) is 27.7 Å².